The zero-order valence-corrected chi connectivity index (χ0v) is 14.9. The van der Waals surface area contributed by atoms with Crippen LogP contribution in [0.25, 0.3) is 0 Å². The van der Waals surface area contributed by atoms with Gasteiger partial charge in [-0.25, -0.2) is 8.42 Å². The fourth-order valence-electron chi connectivity index (χ4n) is 3.65. The van der Waals surface area contributed by atoms with Gasteiger partial charge in [0.05, 0.1) is 11.5 Å². The van der Waals surface area contributed by atoms with Gasteiger partial charge in [0.2, 0.25) is 5.91 Å². The van der Waals surface area contributed by atoms with Gasteiger partial charge in [-0.15, -0.1) is 0 Å². The average molecular weight is 335 g/mol. The van der Waals surface area contributed by atoms with E-state index in [1.165, 1.54) is 5.56 Å². The van der Waals surface area contributed by atoms with Gasteiger partial charge >= 0.3 is 0 Å². The minimum atomic E-state index is -2.88. The lowest BCUT2D eigenvalue weighted by atomic mass is 9.95. The molecule has 1 aliphatic carbocycles. The van der Waals surface area contributed by atoms with E-state index in [9.17, 15) is 13.2 Å². The van der Waals surface area contributed by atoms with E-state index in [-0.39, 0.29) is 28.7 Å². The van der Waals surface area contributed by atoms with Crippen LogP contribution in [0.4, 0.5) is 5.69 Å². The molecule has 5 heteroatoms. The van der Waals surface area contributed by atoms with E-state index < -0.39 is 9.84 Å². The molecule has 1 saturated carbocycles. The number of sulfone groups is 1. The first-order chi connectivity index (χ1) is 10.7. The summed E-state index contributed by atoms with van der Waals surface area (Å²) in [6.07, 6.45) is 2.13. The molecule has 1 aromatic carbocycles. The van der Waals surface area contributed by atoms with Gasteiger partial charge < -0.3 is 4.90 Å². The van der Waals surface area contributed by atoms with Crippen LogP contribution in [0.3, 0.4) is 0 Å². The van der Waals surface area contributed by atoms with Gasteiger partial charge in [0.1, 0.15) is 9.84 Å². The van der Waals surface area contributed by atoms with Crippen molar-refractivity contribution >= 4 is 21.4 Å². The van der Waals surface area contributed by atoms with Crippen molar-refractivity contribution in [1.29, 1.82) is 0 Å². The Morgan fingerprint density at radius 2 is 1.91 bits per heavy atom. The Balaban J connectivity index is 1.71. The molecule has 2 aliphatic rings. The molecule has 2 fully saturated rings. The summed E-state index contributed by atoms with van der Waals surface area (Å²) in [5.41, 5.74) is 2.09. The second-order valence-electron chi connectivity index (χ2n) is 7.42. The second-order valence-corrected chi connectivity index (χ2v) is 9.72. The Morgan fingerprint density at radius 3 is 2.52 bits per heavy atom. The third-order valence-corrected chi connectivity index (χ3v) is 7.22. The van der Waals surface area contributed by atoms with Gasteiger partial charge in [-0.2, -0.15) is 0 Å². The molecule has 23 heavy (non-hydrogen) atoms. The SMILES string of the molecule is CC(C)c1cccc(N(C)C(=O)C2CC23CCS(=O)(=O)CC3)c1. The van der Waals surface area contributed by atoms with E-state index in [0.717, 1.165) is 12.1 Å². The van der Waals surface area contributed by atoms with Crippen LogP contribution in [0, 0.1) is 11.3 Å². The smallest absolute Gasteiger partial charge is 0.230 e. The van der Waals surface area contributed by atoms with E-state index >= 15 is 0 Å². The van der Waals surface area contributed by atoms with Crippen LogP contribution in [0.15, 0.2) is 24.3 Å². The lowest BCUT2D eigenvalue weighted by Gasteiger charge is -2.25. The number of hydrogen-bond acceptors (Lipinski definition) is 3. The van der Waals surface area contributed by atoms with E-state index in [0.29, 0.717) is 18.8 Å². The van der Waals surface area contributed by atoms with Gasteiger partial charge in [-0.1, -0.05) is 26.0 Å². The zero-order valence-electron chi connectivity index (χ0n) is 14.1. The maximum Gasteiger partial charge on any atom is 0.230 e. The Morgan fingerprint density at radius 1 is 1.26 bits per heavy atom. The van der Waals surface area contributed by atoms with Crippen molar-refractivity contribution < 1.29 is 13.2 Å². The van der Waals surface area contributed by atoms with Gasteiger partial charge in [-0.3, -0.25) is 4.79 Å². The van der Waals surface area contributed by atoms with E-state index in [2.05, 4.69) is 26.0 Å². The highest BCUT2D eigenvalue weighted by Gasteiger charge is 2.60. The molecular weight excluding hydrogens is 310 g/mol. The first-order valence-corrected chi connectivity index (χ1v) is 10.1. The van der Waals surface area contributed by atoms with Crippen LogP contribution in [0.1, 0.15) is 44.6 Å². The molecule has 0 N–H and O–H groups in total. The summed E-state index contributed by atoms with van der Waals surface area (Å²) in [5.74, 6) is 1.03. The van der Waals surface area contributed by atoms with Crippen molar-refractivity contribution in [3.8, 4) is 0 Å². The molecule has 1 spiro atoms. The van der Waals surface area contributed by atoms with Crippen LogP contribution in [0.5, 0.6) is 0 Å². The van der Waals surface area contributed by atoms with Crippen LogP contribution in [0.2, 0.25) is 0 Å². The molecule has 1 aliphatic heterocycles. The number of carbonyl (C=O) groups is 1. The Kier molecular flexibility index (Phi) is 4.03. The van der Waals surface area contributed by atoms with Crippen molar-refractivity contribution in [3.05, 3.63) is 29.8 Å². The standard InChI is InChI=1S/C18H25NO3S/c1-13(2)14-5-4-6-15(11-14)19(3)17(20)16-12-18(16)7-9-23(21,22)10-8-18/h4-6,11,13,16H,7-10,12H2,1-3H3. The van der Waals surface area contributed by atoms with E-state index in [4.69, 9.17) is 0 Å². The fourth-order valence-corrected chi connectivity index (χ4v) is 5.29. The lowest BCUT2D eigenvalue weighted by Crippen LogP contribution is -2.33. The van der Waals surface area contributed by atoms with Crippen molar-refractivity contribution in [2.75, 3.05) is 23.5 Å². The third kappa shape index (κ3) is 3.16. The average Bonchev–Trinajstić information content (AvgIpc) is 3.24. The predicted octanol–water partition coefficient (Wildman–Crippen LogP) is 2.99. The summed E-state index contributed by atoms with van der Waals surface area (Å²) in [5, 5.41) is 0. The number of benzene rings is 1. The van der Waals surface area contributed by atoms with Crippen molar-refractivity contribution in [1.82, 2.24) is 0 Å². The number of anilines is 1. The maximum atomic E-state index is 12.8. The summed E-state index contributed by atoms with van der Waals surface area (Å²) in [6, 6.07) is 8.11. The number of amides is 1. The Labute approximate surface area is 138 Å². The van der Waals surface area contributed by atoms with Crippen LogP contribution in [-0.4, -0.2) is 32.9 Å². The van der Waals surface area contributed by atoms with E-state index in [1.807, 2.05) is 19.2 Å². The monoisotopic (exact) mass is 335 g/mol. The molecule has 4 nitrogen and oxygen atoms in total. The minimum Gasteiger partial charge on any atom is -0.315 e. The summed E-state index contributed by atoms with van der Waals surface area (Å²) >= 11 is 0. The van der Waals surface area contributed by atoms with Crippen molar-refractivity contribution in [2.45, 2.75) is 39.0 Å². The fraction of sp³-hybridized carbons (Fsp3) is 0.611. The molecule has 1 heterocycles. The summed E-state index contributed by atoms with van der Waals surface area (Å²) in [6.45, 7) is 4.28. The third-order valence-electron chi connectivity index (χ3n) is 5.56. The number of hydrogen-bond donors (Lipinski definition) is 0. The maximum absolute atomic E-state index is 12.8. The second kappa shape index (κ2) is 5.62. The molecule has 0 bridgehead atoms. The minimum absolute atomic E-state index is 0.00861. The van der Waals surface area contributed by atoms with Crippen molar-refractivity contribution in [3.63, 3.8) is 0 Å². The number of nitrogens with zero attached hydrogens (tertiary/aromatic N) is 1. The van der Waals surface area contributed by atoms with Crippen LogP contribution < -0.4 is 4.90 Å². The molecule has 1 saturated heterocycles. The highest BCUT2D eigenvalue weighted by Crippen LogP contribution is 2.60. The molecule has 1 unspecified atom stereocenters. The molecule has 126 valence electrons. The first kappa shape index (κ1) is 16.5. The van der Waals surface area contributed by atoms with Crippen molar-refractivity contribution in [2.24, 2.45) is 11.3 Å². The highest BCUT2D eigenvalue weighted by molar-refractivity contribution is 7.91. The number of rotatable bonds is 3. The normalized spacial score (nSPS) is 24.6. The molecule has 0 aromatic heterocycles. The van der Waals surface area contributed by atoms with Gasteiger partial charge in [-0.05, 0) is 48.3 Å². The zero-order chi connectivity index (χ0) is 16.8. The summed E-state index contributed by atoms with van der Waals surface area (Å²) in [4.78, 5) is 14.5. The summed E-state index contributed by atoms with van der Waals surface area (Å²) < 4.78 is 23.2. The molecule has 1 atom stereocenters. The molecule has 3 rings (SSSR count). The Bertz CT molecular complexity index is 710. The van der Waals surface area contributed by atoms with E-state index in [1.54, 1.807) is 4.90 Å². The molecule has 1 amide bonds. The molecular formula is C18H25NO3S. The topological polar surface area (TPSA) is 54.5 Å². The van der Waals surface area contributed by atoms with Gasteiger partial charge in [0.25, 0.3) is 0 Å². The quantitative estimate of drug-likeness (QED) is 0.853. The summed E-state index contributed by atoms with van der Waals surface area (Å²) in [7, 11) is -1.05. The molecule has 0 radical (unpaired) electrons. The predicted molar refractivity (Wildman–Crippen MR) is 92.4 cm³/mol. The van der Waals surface area contributed by atoms with Gasteiger partial charge in [0.15, 0.2) is 0 Å². The van der Waals surface area contributed by atoms with Crippen LogP contribution in [-0.2, 0) is 14.6 Å². The first-order valence-electron chi connectivity index (χ1n) is 8.32. The number of carbonyl (C=O) groups excluding carboxylic acids is 1. The Hall–Kier alpha value is -1.36. The van der Waals surface area contributed by atoms with Crippen LogP contribution >= 0.6 is 0 Å². The lowest BCUT2D eigenvalue weighted by molar-refractivity contribution is -0.120. The largest absolute Gasteiger partial charge is 0.315 e. The highest BCUT2D eigenvalue weighted by atomic mass is 32.2. The molecule has 1 aromatic rings. The van der Waals surface area contributed by atoms with Gasteiger partial charge in [0, 0.05) is 18.7 Å².